The molecule has 0 saturated heterocycles. The predicted octanol–water partition coefficient (Wildman–Crippen LogP) is 4.68. The number of rotatable bonds is 11. The van der Waals surface area contributed by atoms with E-state index in [1.54, 1.807) is 11.8 Å². The maximum Gasteiger partial charge on any atom is 0.328 e. The van der Waals surface area contributed by atoms with E-state index in [2.05, 4.69) is 46.1 Å². The number of thioether (sulfide) groups is 1. The molecule has 0 spiro atoms. The lowest BCUT2D eigenvalue weighted by Gasteiger charge is -2.61. The van der Waals surface area contributed by atoms with Gasteiger partial charge in [0.1, 0.15) is 11.9 Å². The number of carbonyl (C=O) groups excluding carboxylic acids is 2. The van der Waals surface area contributed by atoms with Crippen LogP contribution in [0.3, 0.4) is 0 Å². The van der Waals surface area contributed by atoms with Crippen LogP contribution >= 0.6 is 11.8 Å². The fourth-order valence-electron chi connectivity index (χ4n) is 7.73. The van der Waals surface area contributed by atoms with Gasteiger partial charge in [-0.15, -0.1) is 18.3 Å². The third-order valence-electron chi connectivity index (χ3n) is 10.6. The molecule has 42 heavy (non-hydrogen) atoms. The molecule has 3 rings (SSSR count). The van der Waals surface area contributed by atoms with Crippen molar-refractivity contribution < 1.29 is 39.2 Å². The summed E-state index contributed by atoms with van der Waals surface area (Å²) in [6.07, 6.45) is 5.76. The lowest BCUT2D eigenvalue weighted by molar-refractivity contribution is -0.205. The van der Waals surface area contributed by atoms with Crippen LogP contribution in [0.15, 0.2) is 24.8 Å². The number of ketones is 1. The van der Waals surface area contributed by atoms with Gasteiger partial charge in [0.2, 0.25) is 0 Å². The van der Waals surface area contributed by atoms with Crippen molar-refractivity contribution in [1.29, 1.82) is 0 Å². The number of carbonyl (C=O) groups is 4. The summed E-state index contributed by atoms with van der Waals surface area (Å²) in [4.78, 5) is 48.0. The molecule has 0 amide bonds. The molecule has 0 aromatic heterocycles. The van der Waals surface area contributed by atoms with Gasteiger partial charge in [-0.2, -0.15) is 0 Å². The summed E-state index contributed by atoms with van der Waals surface area (Å²) < 4.78 is 6.30. The Balaban J connectivity index is 0.000000675. The van der Waals surface area contributed by atoms with Crippen LogP contribution in [0, 0.1) is 34.0 Å². The first kappa shape index (κ1) is 36.0. The summed E-state index contributed by atoms with van der Waals surface area (Å²) >= 11 is 1.61. The van der Waals surface area contributed by atoms with Crippen molar-refractivity contribution in [3.05, 3.63) is 24.8 Å². The van der Waals surface area contributed by atoms with E-state index in [1.165, 1.54) is 0 Å². The lowest BCUT2D eigenvalue weighted by atomic mass is 9.44. The molecule has 0 aromatic rings. The van der Waals surface area contributed by atoms with Crippen molar-refractivity contribution >= 4 is 35.5 Å². The molecule has 0 unspecified atom stereocenters. The Morgan fingerprint density at radius 3 is 2.21 bits per heavy atom. The second kappa shape index (κ2) is 15.0. The Hall–Kier alpha value is -2.17. The lowest BCUT2D eigenvalue weighted by Crippen LogP contribution is -2.63. The van der Waals surface area contributed by atoms with Gasteiger partial charge in [0.25, 0.3) is 0 Å². The van der Waals surface area contributed by atoms with E-state index in [-0.39, 0.29) is 29.1 Å². The summed E-state index contributed by atoms with van der Waals surface area (Å²) in [5.41, 5.74) is -1.25. The number of aliphatic hydroxyl groups is 1. The van der Waals surface area contributed by atoms with Crippen LogP contribution in [0.25, 0.3) is 0 Å². The predicted molar refractivity (Wildman–Crippen MR) is 164 cm³/mol. The van der Waals surface area contributed by atoms with E-state index in [0.717, 1.165) is 44.6 Å². The number of hydrogen-bond donors (Lipinski definition) is 3. The highest BCUT2D eigenvalue weighted by Gasteiger charge is 2.68. The molecule has 9 nitrogen and oxygen atoms in total. The first-order valence-electron chi connectivity index (χ1n) is 15.1. The second-order valence-corrected chi connectivity index (χ2v) is 13.8. The quantitative estimate of drug-likeness (QED) is 0.131. The molecule has 2 bridgehead atoms. The van der Waals surface area contributed by atoms with Crippen LogP contribution in [-0.4, -0.2) is 87.3 Å². The molecule has 3 aliphatic carbocycles. The highest BCUT2D eigenvalue weighted by molar-refractivity contribution is 7.99. The summed E-state index contributed by atoms with van der Waals surface area (Å²) in [6.45, 7) is 20.0. The molecule has 0 aliphatic heterocycles. The first-order chi connectivity index (χ1) is 19.6. The van der Waals surface area contributed by atoms with Crippen LogP contribution in [-0.2, 0) is 23.9 Å². The molecule has 3 fully saturated rings. The number of carboxylic acid groups (broad SMARTS) is 2. The van der Waals surface area contributed by atoms with Gasteiger partial charge in [-0.1, -0.05) is 47.6 Å². The van der Waals surface area contributed by atoms with Gasteiger partial charge in [-0.05, 0) is 56.0 Å². The zero-order valence-corrected chi connectivity index (χ0v) is 27.0. The summed E-state index contributed by atoms with van der Waals surface area (Å²) in [6, 6.07) is 0. The zero-order valence-electron chi connectivity index (χ0n) is 26.1. The minimum absolute atomic E-state index is 0.00828. The van der Waals surface area contributed by atoms with E-state index in [1.807, 2.05) is 13.0 Å². The van der Waals surface area contributed by atoms with Crippen LogP contribution in [0.5, 0.6) is 0 Å². The minimum atomic E-state index is -1.26. The normalized spacial score (nSPS) is 35.9. The molecular weight excluding hydrogens is 558 g/mol. The third kappa shape index (κ3) is 7.66. The van der Waals surface area contributed by atoms with Gasteiger partial charge in [-0.3, -0.25) is 9.59 Å². The summed E-state index contributed by atoms with van der Waals surface area (Å²) in [5.74, 6) is -1.14. The van der Waals surface area contributed by atoms with E-state index in [0.29, 0.717) is 36.5 Å². The fourth-order valence-corrected chi connectivity index (χ4v) is 8.49. The van der Waals surface area contributed by atoms with E-state index >= 15 is 0 Å². The van der Waals surface area contributed by atoms with Crippen molar-refractivity contribution in [3.8, 4) is 0 Å². The highest BCUT2D eigenvalue weighted by Crippen LogP contribution is 2.68. The van der Waals surface area contributed by atoms with Crippen molar-refractivity contribution in [3.63, 3.8) is 0 Å². The topological polar surface area (TPSA) is 141 Å². The first-order valence-corrected chi connectivity index (χ1v) is 16.3. The number of Topliss-reactive ketones (excluding diaryl/α,β-unsaturated/α-hetero) is 1. The van der Waals surface area contributed by atoms with Gasteiger partial charge in [0.15, 0.2) is 0 Å². The highest BCUT2D eigenvalue weighted by atomic mass is 32.2. The number of hydrogen-bond acceptors (Lipinski definition) is 8. The average Bonchev–Trinajstić information content (AvgIpc) is 3.30. The summed E-state index contributed by atoms with van der Waals surface area (Å²) in [5, 5.41) is 27.2. The number of aliphatic carboxylic acids is 2. The SMILES string of the molecule is C=C[C@]1(C)C[C@@H](OC(=O)CSCCN(CC)CC)[C@@]2(C)[C@@H]3C(=O)CC[C@]3(CC[C@@H]2C)[C@@H](C)[C@@H]1O.O=C(O)/C=C/C(=O)O. The Kier molecular flexibility index (Phi) is 12.9. The molecule has 0 heterocycles. The van der Waals surface area contributed by atoms with Gasteiger partial charge < -0.3 is 25.0 Å². The minimum Gasteiger partial charge on any atom is -0.478 e. The zero-order chi connectivity index (χ0) is 31.9. The standard InChI is InChI=1S/C28H47NO4S.C4H4O4/c1-8-26(6)17-22(33-23(31)18-34-16-15-29(9-2)10-3)27(7)19(4)11-13-28(20(5)25(26)32)14-12-21(30)24(27)28;5-3(6)1-2-4(7)8/h8,19-20,22,24-25,32H,1,9-18H2,2-7H3;1-2H,(H,5,6)(H,7,8)/b;2-1+/t19-,20-,22+,24-,25-,26+,27-,28+;/m0./s1. The van der Waals surface area contributed by atoms with Gasteiger partial charge in [-0.25, -0.2) is 9.59 Å². The Morgan fingerprint density at radius 1 is 1.10 bits per heavy atom. The Labute approximate surface area is 255 Å². The van der Waals surface area contributed by atoms with Gasteiger partial charge in [0.05, 0.1) is 11.9 Å². The van der Waals surface area contributed by atoms with Crippen molar-refractivity contribution in [1.82, 2.24) is 4.90 Å². The largest absolute Gasteiger partial charge is 0.478 e. The van der Waals surface area contributed by atoms with Crippen LogP contribution in [0.2, 0.25) is 0 Å². The van der Waals surface area contributed by atoms with Gasteiger partial charge >= 0.3 is 17.9 Å². The van der Waals surface area contributed by atoms with Gasteiger partial charge in [0, 0.05) is 47.6 Å². The number of carboxylic acids is 2. The summed E-state index contributed by atoms with van der Waals surface area (Å²) in [7, 11) is 0. The Morgan fingerprint density at radius 2 is 1.69 bits per heavy atom. The van der Waals surface area contributed by atoms with Crippen molar-refractivity contribution in [2.75, 3.05) is 31.1 Å². The molecule has 3 N–H and O–H groups in total. The van der Waals surface area contributed by atoms with Crippen LogP contribution in [0.1, 0.15) is 73.6 Å². The van der Waals surface area contributed by atoms with Crippen LogP contribution < -0.4 is 0 Å². The fraction of sp³-hybridized carbons (Fsp3) is 0.750. The molecule has 0 radical (unpaired) electrons. The molecule has 3 saturated carbocycles. The molecule has 10 heteroatoms. The molecule has 238 valence electrons. The number of aliphatic hydroxyl groups excluding tert-OH is 1. The molecule has 0 aromatic carbocycles. The van der Waals surface area contributed by atoms with E-state index in [9.17, 15) is 24.3 Å². The van der Waals surface area contributed by atoms with E-state index < -0.39 is 35.0 Å². The van der Waals surface area contributed by atoms with Crippen LogP contribution in [0.4, 0.5) is 0 Å². The number of nitrogens with zero attached hydrogens (tertiary/aromatic N) is 1. The van der Waals surface area contributed by atoms with Crippen molar-refractivity contribution in [2.45, 2.75) is 85.9 Å². The number of esters is 1. The molecule has 3 aliphatic rings. The molecule has 8 atom stereocenters. The average molecular weight is 610 g/mol. The second-order valence-electron chi connectivity index (χ2n) is 12.7. The smallest absolute Gasteiger partial charge is 0.328 e. The van der Waals surface area contributed by atoms with E-state index in [4.69, 9.17) is 14.9 Å². The molecular formula is C32H51NO8S. The third-order valence-corrected chi connectivity index (χ3v) is 11.5. The van der Waals surface area contributed by atoms with Crippen molar-refractivity contribution in [2.24, 2.45) is 34.0 Å². The maximum absolute atomic E-state index is 13.4. The monoisotopic (exact) mass is 609 g/mol. The number of ether oxygens (including phenoxy) is 1. The maximum atomic E-state index is 13.4. The Bertz CT molecular complexity index is 1010.